The third kappa shape index (κ3) is 2.90. The molecule has 0 radical (unpaired) electrons. The van der Waals surface area contributed by atoms with Gasteiger partial charge in [0.1, 0.15) is 5.75 Å². The maximum absolute atomic E-state index is 5.45. The number of hydrogen-bond acceptors (Lipinski definition) is 5. The van der Waals surface area contributed by atoms with Crippen molar-refractivity contribution >= 4 is 0 Å². The predicted octanol–water partition coefficient (Wildman–Crippen LogP) is 2.21. The molecule has 6 heteroatoms. The molecule has 1 saturated carbocycles. The highest BCUT2D eigenvalue weighted by molar-refractivity contribution is 5.35. The Kier molecular flexibility index (Phi) is 3.88. The normalized spacial score (nSPS) is 16.2. The lowest BCUT2D eigenvalue weighted by Gasteiger charge is -2.25. The number of ether oxygens (including phenoxy) is 1. The molecule has 21 heavy (non-hydrogen) atoms. The van der Waals surface area contributed by atoms with Crippen LogP contribution in [0.3, 0.4) is 0 Å². The lowest BCUT2D eigenvalue weighted by atomic mass is 10.1. The fourth-order valence-electron chi connectivity index (χ4n) is 2.53. The van der Waals surface area contributed by atoms with Gasteiger partial charge in [-0.25, -0.2) is 4.68 Å². The lowest BCUT2D eigenvalue weighted by molar-refractivity contribution is 0.236. The molecule has 1 aliphatic carbocycles. The maximum atomic E-state index is 5.45. The first kappa shape index (κ1) is 14.0. The Labute approximate surface area is 124 Å². The first-order chi connectivity index (χ1) is 10.2. The molecule has 1 aromatic heterocycles. The van der Waals surface area contributed by atoms with Gasteiger partial charge < -0.3 is 4.74 Å². The molecule has 1 aromatic carbocycles. The molecule has 112 valence electrons. The quantitative estimate of drug-likeness (QED) is 0.815. The van der Waals surface area contributed by atoms with Gasteiger partial charge in [-0.1, -0.05) is 18.2 Å². The van der Waals surface area contributed by atoms with Crippen LogP contribution in [0.25, 0.3) is 0 Å². The monoisotopic (exact) mass is 287 g/mol. The van der Waals surface area contributed by atoms with Gasteiger partial charge in [0, 0.05) is 11.6 Å². The minimum Gasteiger partial charge on any atom is -0.496 e. The molecule has 1 heterocycles. The zero-order chi connectivity index (χ0) is 14.8. The van der Waals surface area contributed by atoms with Gasteiger partial charge in [0.05, 0.1) is 19.7 Å². The van der Waals surface area contributed by atoms with Gasteiger partial charge in [-0.3, -0.25) is 4.90 Å². The SMILES string of the molecule is COc1ccccc1C(C)N(C)Cc1nnnn1C1CC1. The second kappa shape index (κ2) is 5.81. The molecule has 0 spiro atoms. The number of benzene rings is 1. The summed E-state index contributed by atoms with van der Waals surface area (Å²) in [7, 11) is 3.79. The molecule has 2 aromatic rings. The topological polar surface area (TPSA) is 56.1 Å². The van der Waals surface area contributed by atoms with Gasteiger partial charge in [-0.15, -0.1) is 5.10 Å². The smallest absolute Gasteiger partial charge is 0.165 e. The fourth-order valence-corrected chi connectivity index (χ4v) is 2.53. The predicted molar refractivity (Wildman–Crippen MR) is 79.0 cm³/mol. The second-order valence-electron chi connectivity index (χ2n) is 5.60. The van der Waals surface area contributed by atoms with Crippen LogP contribution in [0.1, 0.15) is 43.2 Å². The highest BCUT2D eigenvalue weighted by Gasteiger charge is 2.28. The van der Waals surface area contributed by atoms with Crippen molar-refractivity contribution in [2.45, 2.75) is 38.4 Å². The minimum absolute atomic E-state index is 0.227. The first-order valence-electron chi connectivity index (χ1n) is 7.30. The number of aromatic nitrogens is 4. The van der Waals surface area contributed by atoms with Gasteiger partial charge >= 0.3 is 0 Å². The summed E-state index contributed by atoms with van der Waals surface area (Å²) in [5.41, 5.74) is 1.17. The van der Waals surface area contributed by atoms with Crippen molar-refractivity contribution in [1.82, 2.24) is 25.1 Å². The van der Waals surface area contributed by atoms with Gasteiger partial charge in [0.25, 0.3) is 0 Å². The molecule has 1 aliphatic rings. The molecule has 1 fully saturated rings. The molecule has 0 saturated heterocycles. The van der Waals surface area contributed by atoms with E-state index in [2.05, 4.69) is 40.5 Å². The number of nitrogens with zero attached hydrogens (tertiary/aromatic N) is 5. The third-order valence-corrected chi connectivity index (χ3v) is 4.09. The van der Waals surface area contributed by atoms with E-state index in [0.29, 0.717) is 6.04 Å². The van der Waals surface area contributed by atoms with Crippen LogP contribution >= 0.6 is 0 Å². The summed E-state index contributed by atoms with van der Waals surface area (Å²) >= 11 is 0. The summed E-state index contributed by atoms with van der Waals surface area (Å²) in [6.45, 7) is 2.89. The van der Waals surface area contributed by atoms with Crippen molar-refractivity contribution in [3.8, 4) is 5.75 Å². The summed E-state index contributed by atoms with van der Waals surface area (Å²) in [4.78, 5) is 2.24. The Balaban J connectivity index is 1.75. The van der Waals surface area contributed by atoms with Crippen LogP contribution in [0.5, 0.6) is 5.75 Å². The number of tetrazole rings is 1. The molecule has 6 nitrogen and oxygen atoms in total. The van der Waals surface area contributed by atoms with E-state index in [9.17, 15) is 0 Å². The summed E-state index contributed by atoms with van der Waals surface area (Å²) < 4.78 is 7.42. The molecule has 0 aliphatic heterocycles. The van der Waals surface area contributed by atoms with Crippen molar-refractivity contribution in [2.75, 3.05) is 14.2 Å². The average molecular weight is 287 g/mol. The van der Waals surface area contributed by atoms with Crippen LogP contribution < -0.4 is 4.74 Å². The Hall–Kier alpha value is -1.95. The van der Waals surface area contributed by atoms with E-state index in [1.807, 2.05) is 22.9 Å². The van der Waals surface area contributed by atoms with Crippen LogP contribution in [0.2, 0.25) is 0 Å². The second-order valence-corrected chi connectivity index (χ2v) is 5.60. The third-order valence-electron chi connectivity index (χ3n) is 4.09. The Bertz CT molecular complexity index is 608. The molecule has 3 rings (SSSR count). The molecular weight excluding hydrogens is 266 g/mol. The number of rotatable bonds is 6. The van der Waals surface area contributed by atoms with Gasteiger partial charge in [0.15, 0.2) is 5.82 Å². The van der Waals surface area contributed by atoms with Crippen LogP contribution in [0, 0.1) is 0 Å². The lowest BCUT2D eigenvalue weighted by Crippen LogP contribution is -2.24. The van der Waals surface area contributed by atoms with E-state index in [4.69, 9.17) is 4.74 Å². The standard InChI is InChI=1S/C15H21N5O/c1-11(13-6-4-5-7-14(13)21-3)19(2)10-15-16-17-18-20(15)12-8-9-12/h4-7,11-12H,8-10H2,1-3H3. The Morgan fingerprint density at radius 1 is 1.38 bits per heavy atom. The number of hydrogen-bond donors (Lipinski definition) is 0. The highest BCUT2D eigenvalue weighted by atomic mass is 16.5. The van der Waals surface area contributed by atoms with E-state index >= 15 is 0 Å². The zero-order valence-electron chi connectivity index (χ0n) is 12.7. The molecule has 1 atom stereocenters. The molecular formula is C15H21N5O. The van der Waals surface area contributed by atoms with Crippen molar-refractivity contribution < 1.29 is 4.74 Å². The Morgan fingerprint density at radius 2 is 2.14 bits per heavy atom. The van der Waals surface area contributed by atoms with E-state index in [1.54, 1.807) is 7.11 Å². The van der Waals surface area contributed by atoms with Crippen LogP contribution in [0.15, 0.2) is 24.3 Å². The van der Waals surface area contributed by atoms with Gasteiger partial charge in [-0.05, 0) is 43.3 Å². The van der Waals surface area contributed by atoms with Crippen LogP contribution in [-0.2, 0) is 6.54 Å². The Morgan fingerprint density at radius 3 is 2.86 bits per heavy atom. The van der Waals surface area contributed by atoms with E-state index < -0.39 is 0 Å². The van der Waals surface area contributed by atoms with E-state index in [0.717, 1.165) is 18.1 Å². The highest BCUT2D eigenvalue weighted by Crippen LogP contribution is 2.35. The van der Waals surface area contributed by atoms with E-state index in [-0.39, 0.29) is 6.04 Å². The van der Waals surface area contributed by atoms with Gasteiger partial charge in [0.2, 0.25) is 0 Å². The maximum Gasteiger partial charge on any atom is 0.165 e. The van der Waals surface area contributed by atoms with Crippen molar-refractivity contribution in [3.05, 3.63) is 35.7 Å². The first-order valence-corrected chi connectivity index (χ1v) is 7.30. The largest absolute Gasteiger partial charge is 0.496 e. The molecule has 1 unspecified atom stereocenters. The molecule has 0 bridgehead atoms. The van der Waals surface area contributed by atoms with Crippen molar-refractivity contribution in [3.63, 3.8) is 0 Å². The van der Waals surface area contributed by atoms with Crippen molar-refractivity contribution in [2.24, 2.45) is 0 Å². The zero-order valence-corrected chi connectivity index (χ0v) is 12.7. The number of para-hydroxylation sites is 1. The summed E-state index contributed by atoms with van der Waals surface area (Å²) in [6, 6.07) is 8.85. The summed E-state index contributed by atoms with van der Waals surface area (Å²) in [6.07, 6.45) is 2.37. The van der Waals surface area contributed by atoms with Crippen LogP contribution in [0.4, 0.5) is 0 Å². The number of methoxy groups -OCH3 is 1. The summed E-state index contributed by atoms with van der Waals surface area (Å²) in [5.74, 6) is 1.85. The van der Waals surface area contributed by atoms with E-state index in [1.165, 1.54) is 18.4 Å². The van der Waals surface area contributed by atoms with Gasteiger partial charge in [-0.2, -0.15) is 0 Å². The molecule has 0 amide bonds. The fraction of sp³-hybridized carbons (Fsp3) is 0.533. The summed E-state index contributed by atoms with van der Waals surface area (Å²) in [5, 5.41) is 12.1. The minimum atomic E-state index is 0.227. The molecule has 0 N–H and O–H groups in total. The average Bonchev–Trinajstić information content (AvgIpc) is 3.26. The van der Waals surface area contributed by atoms with Crippen LogP contribution in [-0.4, -0.2) is 39.3 Å². The van der Waals surface area contributed by atoms with Crippen molar-refractivity contribution in [1.29, 1.82) is 0 Å².